The van der Waals surface area contributed by atoms with Gasteiger partial charge in [0, 0.05) is 6.54 Å². The minimum absolute atomic E-state index is 0.210. The van der Waals surface area contributed by atoms with Crippen molar-refractivity contribution in [2.75, 3.05) is 13.1 Å². The summed E-state index contributed by atoms with van der Waals surface area (Å²) in [4.78, 5) is -0.554. The van der Waals surface area contributed by atoms with E-state index in [4.69, 9.17) is 5.26 Å². The monoisotopic (exact) mass is 310 g/mol. The molecule has 1 aromatic rings. The molecule has 0 amide bonds. The summed E-state index contributed by atoms with van der Waals surface area (Å²) in [6.45, 7) is -0.801. The zero-order valence-corrected chi connectivity index (χ0v) is 11.1. The van der Waals surface area contributed by atoms with Crippen LogP contribution in [0.1, 0.15) is 12.5 Å². The Kier molecular flexibility index (Phi) is 4.73. The first-order chi connectivity index (χ1) is 9.11. The SMILES string of the molecule is CCN(CC(F)(F)F)S(=O)(=O)c1ccc(F)c(C#N)c1. The van der Waals surface area contributed by atoms with Gasteiger partial charge in [0.15, 0.2) is 0 Å². The van der Waals surface area contributed by atoms with Gasteiger partial charge in [0.25, 0.3) is 0 Å². The molecule has 0 spiro atoms. The van der Waals surface area contributed by atoms with Crippen molar-refractivity contribution in [3.05, 3.63) is 29.6 Å². The minimum atomic E-state index is -4.69. The third-order valence-corrected chi connectivity index (χ3v) is 4.32. The summed E-state index contributed by atoms with van der Waals surface area (Å²) in [6, 6.07) is 3.70. The molecule has 0 bridgehead atoms. The van der Waals surface area contributed by atoms with E-state index in [1.807, 2.05) is 0 Å². The Labute approximate surface area is 113 Å². The molecule has 0 heterocycles. The van der Waals surface area contributed by atoms with Crippen LogP contribution >= 0.6 is 0 Å². The first-order valence-corrected chi connectivity index (χ1v) is 6.82. The summed E-state index contributed by atoms with van der Waals surface area (Å²) in [5, 5.41) is 8.61. The fourth-order valence-electron chi connectivity index (χ4n) is 1.47. The average molecular weight is 310 g/mol. The Morgan fingerprint density at radius 2 is 1.95 bits per heavy atom. The zero-order chi connectivity index (χ0) is 15.6. The number of sulfonamides is 1. The van der Waals surface area contributed by atoms with Crippen molar-refractivity contribution < 1.29 is 26.0 Å². The molecule has 0 saturated heterocycles. The van der Waals surface area contributed by atoms with Gasteiger partial charge in [-0.05, 0) is 18.2 Å². The molecule has 0 atom stereocenters. The van der Waals surface area contributed by atoms with Gasteiger partial charge in [0.1, 0.15) is 18.4 Å². The van der Waals surface area contributed by atoms with E-state index in [9.17, 15) is 26.0 Å². The largest absolute Gasteiger partial charge is 0.402 e. The maximum Gasteiger partial charge on any atom is 0.402 e. The van der Waals surface area contributed by atoms with Crippen LogP contribution < -0.4 is 0 Å². The van der Waals surface area contributed by atoms with Gasteiger partial charge in [-0.2, -0.15) is 22.7 Å². The maximum atomic E-state index is 13.1. The zero-order valence-electron chi connectivity index (χ0n) is 10.3. The van der Waals surface area contributed by atoms with Crippen LogP contribution in [0, 0.1) is 17.1 Å². The molecule has 0 aliphatic rings. The molecule has 4 nitrogen and oxygen atoms in total. The summed E-state index contributed by atoms with van der Waals surface area (Å²) in [7, 11) is -4.44. The molecule has 9 heteroatoms. The van der Waals surface area contributed by atoms with E-state index in [1.165, 1.54) is 13.0 Å². The van der Waals surface area contributed by atoms with Gasteiger partial charge < -0.3 is 0 Å². The second kappa shape index (κ2) is 5.76. The first-order valence-electron chi connectivity index (χ1n) is 5.38. The lowest BCUT2D eigenvalue weighted by Crippen LogP contribution is -2.38. The molecule has 0 saturated carbocycles. The molecule has 0 N–H and O–H groups in total. The van der Waals surface area contributed by atoms with Gasteiger partial charge in [0.2, 0.25) is 10.0 Å². The van der Waals surface area contributed by atoms with Crippen LogP contribution in [-0.2, 0) is 10.0 Å². The van der Waals surface area contributed by atoms with Crippen LogP contribution in [0.15, 0.2) is 23.1 Å². The fourth-order valence-corrected chi connectivity index (χ4v) is 2.93. The van der Waals surface area contributed by atoms with E-state index in [2.05, 4.69) is 0 Å². The van der Waals surface area contributed by atoms with Gasteiger partial charge in [0.05, 0.1) is 10.5 Å². The second-order valence-corrected chi connectivity index (χ2v) is 5.74. The van der Waals surface area contributed by atoms with Crippen molar-refractivity contribution >= 4 is 10.0 Å². The van der Waals surface area contributed by atoms with Gasteiger partial charge in [-0.3, -0.25) is 0 Å². The Morgan fingerprint density at radius 1 is 1.35 bits per heavy atom. The number of nitriles is 1. The van der Waals surface area contributed by atoms with Crippen LogP contribution in [0.5, 0.6) is 0 Å². The fraction of sp³-hybridized carbons (Fsp3) is 0.364. The van der Waals surface area contributed by atoms with E-state index in [-0.39, 0.29) is 4.31 Å². The minimum Gasteiger partial charge on any atom is -0.207 e. The molecule has 0 aliphatic carbocycles. The van der Waals surface area contributed by atoms with Gasteiger partial charge in [-0.1, -0.05) is 6.92 Å². The van der Waals surface area contributed by atoms with Gasteiger partial charge in [-0.15, -0.1) is 0 Å². The predicted octanol–water partition coefficient (Wildman–Crippen LogP) is 2.27. The van der Waals surface area contributed by atoms with Gasteiger partial charge in [-0.25, -0.2) is 12.8 Å². The Morgan fingerprint density at radius 3 is 2.40 bits per heavy atom. The summed E-state index contributed by atoms with van der Waals surface area (Å²) < 4.78 is 74.3. The summed E-state index contributed by atoms with van der Waals surface area (Å²) in [6.07, 6.45) is -4.69. The molecule has 1 rings (SSSR count). The topological polar surface area (TPSA) is 61.2 Å². The van der Waals surface area contributed by atoms with E-state index in [0.29, 0.717) is 6.07 Å². The normalized spacial score (nSPS) is 12.4. The molecule has 0 radical (unpaired) electrons. The van der Waals surface area contributed by atoms with Gasteiger partial charge >= 0.3 is 6.18 Å². The molecule has 0 fully saturated rings. The number of benzene rings is 1. The summed E-state index contributed by atoms with van der Waals surface area (Å²) in [5.41, 5.74) is -0.547. The lowest BCUT2D eigenvalue weighted by Gasteiger charge is -2.21. The number of halogens is 4. The van der Waals surface area contributed by atoms with Crippen molar-refractivity contribution in [2.45, 2.75) is 18.0 Å². The van der Waals surface area contributed by atoms with Crippen LogP contribution in [-0.4, -0.2) is 32.0 Å². The Hall–Kier alpha value is -1.66. The van der Waals surface area contributed by atoms with E-state index in [0.717, 1.165) is 12.1 Å². The summed E-state index contributed by atoms with van der Waals surface area (Å²) >= 11 is 0. The maximum absolute atomic E-state index is 13.1. The van der Waals surface area contributed by atoms with Crippen LogP contribution in [0.2, 0.25) is 0 Å². The average Bonchev–Trinajstić information content (AvgIpc) is 2.35. The Balaban J connectivity index is 3.25. The molecule has 0 aromatic heterocycles. The van der Waals surface area contributed by atoms with E-state index >= 15 is 0 Å². The second-order valence-electron chi connectivity index (χ2n) is 3.80. The highest BCUT2D eigenvalue weighted by molar-refractivity contribution is 7.89. The van der Waals surface area contributed by atoms with E-state index < -0.39 is 45.6 Å². The number of hydrogen-bond acceptors (Lipinski definition) is 3. The molecular weight excluding hydrogens is 300 g/mol. The Bertz CT molecular complexity index is 635. The molecular formula is C11H10F4N2O2S. The van der Waals surface area contributed by atoms with Crippen LogP contribution in [0.25, 0.3) is 0 Å². The third-order valence-electron chi connectivity index (χ3n) is 2.40. The lowest BCUT2D eigenvalue weighted by atomic mass is 10.2. The highest BCUT2D eigenvalue weighted by atomic mass is 32.2. The number of rotatable bonds is 4. The highest BCUT2D eigenvalue weighted by Gasteiger charge is 2.36. The standard InChI is InChI=1S/C11H10F4N2O2S/c1-2-17(7-11(13,14)15)20(18,19)9-3-4-10(12)8(5-9)6-16/h3-5H,2,7H2,1H3. The molecule has 110 valence electrons. The van der Waals surface area contributed by atoms with Crippen molar-refractivity contribution in [2.24, 2.45) is 0 Å². The van der Waals surface area contributed by atoms with Crippen LogP contribution in [0.3, 0.4) is 0 Å². The number of hydrogen-bond donors (Lipinski definition) is 0. The summed E-state index contributed by atoms with van der Waals surface area (Å²) in [5.74, 6) is -0.940. The number of nitrogens with zero attached hydrogens (tertiary/aromatic N) is 2. The smallest absolute Gasteiger partial charge is 0.207 e. The first kappa shape index (κ1) is 16.4. The molecule has 0 aliphatic heterocycles. The lowest BCUT2D eigenvalue weighted by molar-refractivity contribution is -0.135. The van der Waals surface area contributed by atoms with Crippen LogP contribution in [0.4, 0.5) is 17.6 Å². The molecule has 20 heavy (non-hydrogen) atoms. The van der Waals surface area contributed by atoms with Crippen molar-refractivity contribution in [3.63, 3.8) is 0 Å². The van der Waals surface area contributed by atoms with Crippen molar-refractivity contribution in [1.29, 1.82) is 5.26 Å². The third kappa shape index (κ3) is 3.68. The predicted molar refractivity (Wildman–Crippen MR) is 61.6 cm³/mol. The number of alkyl halides is 3. The van der Waals surface area contributed by atoms with Crippen molar-refractivity contribution in [3.8, 4) is 6.07 Å². The van der Waals surface area contributed by atoms with E-state index in [1.54, 1.807) is 0 Å². The van der Waals surface area contributed by atoms with Crippen molar-refractivity contribution in [1.82, 2.24) is 4.31 Å². The highest BCUT2D eigenvalue weighted by Crippen LogP contribution is 2.23. The quantitative estimate of drug-likeness (QED) is 0.802. The molecule has 1 aromatic carbocycles. The molecule has 0 unspecified atom stereocenters.